The highest BCUT2D eigenvalue weighted by Gasteiger charge is 2.33. The number of carbonyl (C=O) groups is 1. The Kier molecular flexibility index (Phi) is 4.04. The molecule has 0 aliphatic carbocycles. The van der Waals surface area contributed by atoms with Crippen LogP contribution in [-0.2, 0) is 10.9 Å². The second-order valence-electron chi connectivity index (χ2n) is 3.98. The summed E-state index contributed by atoms with van der Waals surface area (Å²) in [6.45, 7) is 1.61. The van der Waals surface area contributed by atoms with Gasteiger partial charge in [0.1, 0.15) is 0 Å². The second kappa shape index (κ2) is 5.47. The van der Waals surface area contributed by atoms with E-state index < -0.39 is 29.0 Å². The van der Waals surface area contributed by atoms with E-state index in [9.17, 15) is 22.8 Å². The summed E-state index contributed by atoms with van der Waals surface area (Å²) >= 11 is 2.80. The average Bonchev–Trinajstić information content (AvgIpc) is 2.36. The summed E-state index contributed by atoms with van der Waals surface area (Å²) in [5, 5.41) is 0. The number of hydrogen-bond acceptors (Lipinski definition) is 4. The van der Waals surface area contributed by atoms with Crippen LogP contribution in [0.5, 0.6) is 0 Å². The molecule has 1 aromatic heterocycles. The molecule has 5 nitrogen and oxygen atoms in total. The van der Waals surface area contributed by atoms with Crippen LogP contribution in [0.15, 0.2) is 21.4 Å². The third-order valence-electron chi connectivity index (χ3n) is 2.56. The first kappa shape index (κ1) is 15.5. The Hall–Kier alpha value is -1.90. The second-order valence-corrected chi connectivity index (χ2v) is 4.84. The molecule has 1 heterocycles. The highest BCUT2D eigenvalue weighted by atomic mass is 79.9. The van der Waals surface area contributed by atoms with Crippen molar-refractivity contribution in [1.82, 2.24) is 9.97 Å². The number of benzene rings is 1. The summed E-state index contributed by atoms with van der Waals surface area (Å²) < 4.78 is 42.7. The largest absolute Gasteiger partial charge is 0.461 e. The summed E-state index contributed by atoms with van der Waals surface area (Å²) in [5.41, 5.74) is -2.44. The molecule has 2 rings (SSSR count). The van der Waals surface area contributed by atoms with Crippen LogP contribution in [0, 0.1) is 0 Å². The minimum Gasteiger partial charge on any atom is -0.461 e. The van der Waals surface area contributed by atoms with Gasteiger partial charge in [-0.2, -0.15) is 13.2 Å². The molecule has 112 valence electrons. The Bertz CT molecular complexity index is 771. The molecule has 0 bridgehead atoms. The molecule has 0 aliphatic heterocycles. The van der Waals surface area contributed by atoms with Gasteiger partial charge < -0.3 is 9.72 Å². The smallest absolute Gasteiger partial charge is 0.417 e. The first-order valence-electron chi connectivity index (χ1n) is 5.72. The monoisotopic (exact) mass is 364 g/mol. The van der Waals surface area contributed by atoms with Crippen molar-refractivity contribution in [3.8, 4) is 0 Å². The molecule has 0 aliphatic rings. The maximum absolute atomic E-state index is 12.8. The number of nitrogens with zero attached hydrogens (tertiary/aromatic N) is 1. The first-order chi connectivity index (χ1) is 9.74. The van der Waals surface area contributed by atoms with Crippen LogP contribution < -0.4 is 5.56 Å². The fourth-order valence-electron chi connectivity index (χ4n) is 1.66. The molecule has 0 unspecified atom stereocenters. The lowest BCUT2D eigenvalue weighted by Crippen LogP contribution is -2.22. The van der Waals surface area contributed by atoms with Gasteiger partial charge in [0.25, 0.3) is 5.56 Å². The van der Waals surface area contributed by atoms with Crippen molar-refractivity contribution < 1.29 is 22.7 Å². The van der Waals surface area contributed by atoms with Crippen molar-refractivity contribution in [2.45, 2.75) is 13.1 Å². The fourth-order valence-corrected chi connectivity index (χ4v) is 2.22. The van der Waals surface area contributed by atoms with E-state index in [1.807, 2.05) is 0 Å². The van der Waals surface area contributed by atoms with Gasteiger partial charge in [-0.05, 0) is 19.1 Å². The Balaban J connectivity index is 2.66. The lowest BCUT2D eigenvalue weighted by molar-refractivity contribution is -0.138. The number of carbonyl (C=O) groups excluding carboxylic acids is 1. The van der Waals surface area contributed by atoms with Gasteiger partial charge in [0.2, 0.25) is 5.69 Å². The van der Waals surface area contributed by atoms with Crippen molar-refractivity contribution in [3.05, 3.63) is 38.2 Å². The molecule has 0 spiro atoms. The van der Waals surface area contributed by atoms with Crippen LogP contribution in [0.1, 0.15) is 23.0 Å². The van der Waals surface area contributed by atoms with Gasteiger partial charge in [0.15, 0.2) is 0 Å². The summed E-state index contributed by atoms with van der Waals surface area (Å²) in [7, 11) is 0. The van der Waals surface area contributed by atoms with E-state index in [1.54, 1.807) is 6.92 Å². The van der Waals surface area contributed by atoms with Gasteiger partial charge in [-0.3, -0.25) is 4.79 Å². The number of rotatable bonds is 2. The normalized spacial score (nSPS) is 11.7. The third kappa shape index (κ3) is 3.07. The summed E-state index contributed by atoms with van der Waals surface area (Å²) in [5.74, 6) is -0.934. The molecule has 0 amide bonds. The highest BCUT2D eigenvalue weighted by molar-refractivity contribution is 9.10. The molecular formula is C12H8BrF3N2O3. The van der Waals surface area contributed by atoms with Gasteiger partial charge in [-0.15, -0.1) is 0 Å². The maximum Gasteiger partial charge on any atom is 0.417 e. The van der Waals surface area contributed by atoms with E-state index >= 15 is 0 Å². The van der Waals surface area contributed by atoms with Crippen molar-refractivity contribution in [2.24, 2.45) is 0 Å². The van der Waals surface area contributed by atoms with Crippen molar-refractivity contribution >= 4 is 32.9 Å². The molecule has 21 heavy (non-hydrogen) atoms. The topological polar surface area (TPSA) is 72.0 Å². The quantitative estimate of drug-likeness (QED) is 0.831. The summed E-state index contributed by atoms with van der Waals surface area (Å²) in [6.07, 6.45) is -4.58. The van der Waals surface area contributed by atoms with E-state index in [2.05, 4.69) is 30.6 Å². The van der Waals surface area contributed by atoms with E-state index in [4.69, 9.17) is 0 Å². The number of alkyl halides is 3. The van der Waals surface area contributed by atoms with Gasteiger partial charge in [-0.1, -0.05) is 15.9 Å². The van der Waals surface area contributed by atoms with E-state index in [-0.39, 0.29) is 22.1 Å². The number of ether oxygens (including phenoxy) is 1. The SMILES string of the molecule is CCOC(=O)c1nc2cc(Br)c(C(F)(F)F)cc2[nH]c1=O. The van der Waals surface area contributed by atoms with E-state index in [1.165, 1.54) is 0 Å². The summed E-state index contributed by atoms with van der Waals surface area (Å²) in [4.78, 5) is 29.2. The molecule has 0 radical (unpaired) electrons. The molecule has 1 aromatic carbocycles. The number of esters is 1. The van der Waals surface area contributed by atoms with Gasteiger partial charge in [0.05, 0.1) is 23.2 Å². The van der Waals surface area contributed by atoms with Crippen molar-refractivity contribution in [3.63, 3.8) is 0 Å². The van der Waals surface area contributed by atoms with Crippen LogP contribution in [0.2, 0.25) is 0 Å². The Morgan fingerprint density at radius 2 is 2.10 bits per heavy atom. The molecule has 9 heteroatoms. The molecular weight excluding hydrogens is 357 g/mol. The standard InChI is InChI=1S/C12H8BrF3N2O3/c1-2-21-11(20)9-10(19)18-7-3-5(12(14,15)16)6(13)4-8(7)17-9/h3-4H,2H2,1H3,(H,18,19). The number of nitrogens with one attached hydrogen (secondary N) is 1. The Morgan fingerprint density at radius 1 is 1.43 bits per heavy atom. The average molecular weight is 365 g/mol. The predicted octanol–water partition coefficient (Wildman–Crippen LogP) is 2.88. The molecule has 0 saturated carbocycles. The lowest BCUT2D eigenvalue weighted by Gasteiger charge is -2.10. The number of hydrogen-bond donors (Lipinski definition) is 1. The lowest BCUT2D eigenvalue weighted by atomic mass is 10.2. The van der Waals surface area contributed by atoms with Crippen molar-refractivity contribution in [1.29, 1.82) is 0 Å². The Morgan fingerprint density at radius 3 is 2.67 bits per heavy atom. The molecule has 0 fully saturated rings. The number of aromatic nitrogens is 2. The van der Waals surface area contributed by atoms with E-state index in [0.29, 0.717) is 0 Å². The van der Waals surface area contributed by atoms with Crippen LogP contribution in [-0.4, -0.2) is 22.5 Å². The molecule has 1 N–H and O–H groups in total. The van der Waals surface area contributed by atoms with Gasteiger partial charge in [-0.25, -0.2) is 9.78 Å². The first-order valence-corrected chi connectivity index (χ1v) is 6.51. The number of H-pyrrole nitrogens is 1. The van der Waals surface area contributed by atoms with Crippen LogP contribution in [0.25, 0.3) is 11.0 Å². The number of halogens is 4. The predicted molar refractivity (Wildman–Crippen MR) is 71.0 cm³/mol. The zero-order valence-corrected chi connectivity index (χ0v) is 12.1. The van der Waals surface area contributed by atoms with E-state index in [0.717, 1.165) is 12.1 Å². The number of fused-ring (bicyclic) bond motifs is 1. The van der Waals surface area contributed by atoms with Crippen LogP contribution >= 0.6 is 15.9 Å². The van der Waals surface area contributed by atoms with Gasteiger partial charge in [0, 0.05) is 4.47 Å². The zero-order chi connectivity index (χ0) is 15.8. The third-order valence-corrected chi connectivity index (χ3v) is 3.21. The molecule has 2 aromatic rings. The van der Waals surface area contributed by atoms with Crippen molar-refractivity contribution in [2.75, 3.05) is 6.61 Å². The Labute approximate surface area is 124 Å². The minimum absolute atomic E-state index is 0.0394. The zero-order valence-electron chi connectivity index (χ0n) is 10.5. The summed E-state index contributed by atoms with van der Waals surface area (Å²) in [6, 6.07) is 1.83. The number of aromatic amines is 1. The van der Waals surface area contributed by atoms with Gasteiger partial charge >= 0.3 is 12.1 Å². The minimum atomic E-state index is -4.58. The fraction of sp³-hybridized carbons (Fsp3) is 0.250. The molecule has 0 saturated heterocycles. The maximum atomic E-state index is 12.8. The molecule has 0 atom stereocenters. The van der Waals surface area contributed by atoms with Crippen LogP contribution in [0.4, 0.5) is 13.2 Å². The highest BCUT2D eigenvalue weighted by Crippen LogP contribution is 2.36. The van der Waals surface area contributed by atoms with Crippen LogP contribution in [0.3, 0.4) is 0 Å².